The lowest BCUT2D eigenvalue weighted by molar-refractivity contribution is -0.136. The molecule has 1 heterocycles. The van der Waals surface area contributed by atoms with E-state index >= 15 is 0 Å². The predicted octanol–water partition coefficient (Wildman–Crippen LogP) is 6.02. The highest BCUT2D eigenvalue weighted by Gasteiger charge is 2.38. The van der Waals surface area contributed by atoms with Gasteiger partial charge >= 0.3 is 5.97 Å². The van der Waals surface area contributed by atoms with Crippen LogP contribution in [0, 0.1) is 0 Å². The largest absolute Gasteiger partial charge is 0.495 e. The molecule has 0 unspecified atom stereocenters. The molecule has 3 aromatic rings. The van der Waals surface area contributed by atoms with Gasteiger partial charge in [0.1, 0.15) is 17.2 Å². The summed E-state index contributed by atoms with van der Waals surface area (Å²) in [6.07, 6.45) is 1.65. The lowest BCUT2D eigenvalue weighted by Crippen LogP contribution is -2.24. The van der Waals surface area contributed by atoms with Crippen LogP contribution in [0.5, 0.6) is 17.2 Å². The van der Waals surface area contributed by atoms with E-state index in [2.05, 4.69) is 0 Å². The molecule has 7 heteroatoms. The minimum Gasteiger partial charge on any atom is -0.495 e. The van der Waals surface area contributed by atoms with Crippen LogP contribution in [0.4, 0.5) is 5.69 Å². The maximum Gasteiger partial charge on any atom is 0.340 e. The third kappa shape index (κ3) is 4.54. The summed E-state index contributed by atoms with van der Waals surface area (Å²) in [6.45, 7) is 1.69. The van der Waals surface area contributed by atoms with Crippen molar-refractivity contribution in [2.24, 2.45) is 0 Å². The lowest BCUT2D eigenvalue weighted by Gasteiger charge is -2.19. The highest BCUT2D eigenvalue weighted by atomic mass is 35.5. The molecule has 0 saturated heterocycles. The average molecular weight is 476 g/mol. The first-order valence-electron chi connectivity index (χ1n) is 10.4. The zero-order chi connectivity index (χ0) is 24.2. The van der Waals surface area contributed by atoms with E-state index in [0.29, 0.717) is 39.2 Å². The summed E-state index contributed by atoms with van der Waals surface area (Å²) in [6, 6.07) is 21.6. The molecule has 0 bridgehead atoms. The zero-order valence-corrected chi connectivity index (χ0v) is 19.6. The van der Waals surface area contributed by atoms with E-state index in [4.69, 9.17) is 25.8 Å². The summed E-state index contributed by atoms with van der Waals surface area (Å²) in [5.74, 6) is 0.810. The van der Waals surface area contributed by atoms with E-state index in [0.717, 1.165) is 0 Å². The molecule has 0 radical (unpaired) electrons. The number of carbonyl (C=O) groups excluding carboxylic acids is 2. The van der Waals surface area contributed by atoms with Gasteiger partial charge in [-0.3, -0.25) is 9.69 Å². The van der Waals surface area contributed by atoms with Crippen molar-refractivity contribution in [2.45, 2.75) is 6.92 Å². The highest BCUT2D eigenvalue weighted by molar-refractivity contribution is 6.32. The summed E-state index contributed by atoms with van der Waals surface area (Å²) in [7, 11) is 2.80. The number of carbonyl (C=O) groups is 2. The number of ether oxygens (including phenoxy) is 3. The molecule has 4 rings (SSSR count). The van der Waals surface area contributed by atoms with Crippen molar-refractivity contribution in [2.75, 3.05) is 19.1 Å². The number of rotatable bonds is 6. The van der Waals surface area contributed by atoms with Crippen molar-refractivity contribution < 1.29 is 23.8 Å². The second-order valence-corrected chi connectivity index (χ2v) is 7.86. The Morgan fingerprint density at radius 2 is 1.68 bits per heavy atom. The van der Waals surface area contributed by atoms with Gasteiger partial charge in [0.25, 0.3) is 5.91 Å². The molecule has 0 fully saturated rings. The third-order valence-electron chi connectivity index (χ3n) is 5.33. The van der Waals surface area contributed by atoms with Crippen LogP contribution in [0.15, 0.2) is 89.6 Å². The maximum absolute atomic E-state index is 13.5. The normalized spacial score (nSPS) is 14.5. The number of esters is 1. The Bertz CT molecular complexity index is 1310. The van der Waals surface area contributed by atoms with Crippen LogP contribution in [0.2, 0.25) is 5.02 Å². The smallest absolute Gasteiger partial charge is 0.340 e. The number of hydrogen-bond donors (Lipinski definition) is 0. The van der Waals surface area contributed by atoms with Gasteiger partial charge in [0.15, 0.2) is 0 Å². The summed E-state index contributed by atoms with van der Waals surface area (Å²) in [4.78, 5) is 27.6. The number of halogens is 1. The van der Waals surface area contributed by atoms with Gasteiger partial charge in [-0.15, -0.1) is 0 Å². The standard InChI is InChI=1S/C27H22ClNO5/c1-17-25(27(31)33-3)22(26(30)29(17)19-12-13-24(32-2)23(28)16-19)15-18-8-7-11-21(14-18)34-20-9-5-4-6-10-20/h4-16H,1-3H3/b22-15-. The van der Waals surface area contributed by atoms with Crippen molar-refractivity contribution in [3.63, 3.8) is 0 Å². The number of methoxy groups -OCH3 is 2. The van der Waals surface area contributed by atoms with Gasteiger partial charge in [0, 0.05) is 5.70 Å². The molecule has 0 saturated carbocycles. The molecule has 1 aliphatic rings. The van der Waals surface area contributed by atoms with Crippen LogP contribution in [0.25, 0.3) is 6.08 Å². The molecular weight excluding hydrogens is 454 g/mol. The van der Waals surface area contributed by atoms with Gasteiger partial charge in [-0.05, 0) is 61.0 Å². The van der Waals surface area contributed by atoms with E-state index in [-0.39, 0.29) is 17.1 Å². The van der Waals surface area contributed by atoms with Crippen molar-refractivity contribution in [1.82, 2.24) is 0 Å². The number of benzene rings is 3. The number of nitrogens with zero attached hydrogens (tertiary/aromatic N) is 1. The number of allylic oxidation sites excluding steroid dienone is 1. The van der Waals surface area contributed by atoms with Crippen LogP contribution in [0.3, 0.4) is 0 Å². The second-order valence-electron chi connectivity index (χ2n) is 7.46. The van der Waals surface area contributed by atoms with Crippen LogP contribution < -0.4 is 14.4 Å². The van der Waals surface area contributed by atoms with Crippen LogP contribution >= 0.6 is 11.6 Å². The topological polar surface area (TPSA) is 65.1 Å². The highest BCUT2D eigenvalue weighted by Crippen LogP contribution is 2.38. The molecule has 0 aromatic heterocycles. The van der Waals surface area contributed by atoms with Crippen LogP contribution in [0.1, 0.15) is 12.5 Å². The SMILES string of the molecule is COC(=O)C1=C(C)N(c2ccc(OC)c(Cl)c2)C(=O)/C1=C\c1cccc(Oc2ccccc2)c1. The summed E-state index contributed by atoms with van der Waals surface area (Å²) in [5, 5.41) is 0.350. The maximum atomic E-state index is 13.5. The fraction of sp³-hybridized carbons (Fsp3) is 0.111. The number of para-hydroxylation sites is 1. The Morgan fingerprint density at radius 1 is 0.941 bits per heavy atom. The molecule has 0 N–H and O–H groups in total. The molecule has 172 valence electrons. The Hall–Kier alpha value is -4.03. The quantitative estimate of drug-likeness (QED) is 0.322. The molecule has 0 aliphatic carbocycles. The molecule has 0 spiro atoms. The minimum absolute atomic E-state index is 0.189. The lowest BCUT2D eigenvalue weighted by atomic mass is 10.0. The molecule has 1 amide bonds. The fourth-order valence-corrected chi connectivity index (χ4v) is 4.00. The van der Waals surface area contributed by atoms with E-state index < -0.39 is 5.97 Å². The van der Waals surface area contributed by atoms with E-state index in [1.165, 1.54) is 19.1 Å². The molecule has 34 heavy (non-hydrogen) atoms. The molecular formula is C27H22ClNO5. The average Bonchev–Trinajstić information content (AvgIpc) is 3.08. The van der Waals surface area contributed by atoms with Gasteiger partial charge in [-0.1, -0.05) is 41.9 Å². The van der Waals surface area contributed by atoms with Crippen LogP contribution in [-0.2, 0) is 14.3 Å². The Morgan fingerprint density at radius 3 is 2.35 bits per heavy atom. The van der Waals surface area contributed by atoms with Gasteiger partial charge in [0.2, 0.25) is 0 Å². The van der Waals surface area contributed by atoms with Crippen LogP contribution in [-0.4, -0.2) is 26.1 Å². The Balaban J connectivity index is 1.74. The number of anilines is 1. The van der Waals surface area contributed by atoms with E-state index in [1.54, 1.807) is 37.3 Å². The number of amides is 1. The van der Waals surface area contributed by atoms with Crippen molar-refractivity contribution in [1.29, 1.82) is 0 Å². The van der Waals surface area contributed by atoms with Gasteiger partial charge in [0.05, 0.1) is 36.1 Å². The first-order valence-corrected chi connectivity index (χ1v) is 10.8. The summed E-state index contributed by atoms with van der Waals surface area (Å²) in [5.41, 5.74) is 2.06. The molecule has 0 atom stereocenters. The summed E-state index contributed by atoms with van der Waals surface area (Å²) >= 11 is 6.28. The Labute approximate surface area is 202 Å². The minimum atomic E-state index is -0.601. The third-order valence-corrected chi connectivity index (χ3v) is 5.63. The van der Waals surface area contributed by atoms with E-state index in [1.807, 2.05) is 48.5 Å². The summed E-state index contributed by atoms with van der Waals surface area (Å²) < 4.78 is 16.1. The van der Waals surface area contributed by atoms with E-state index in [9.17, 15) is 9.59 Å². The molecule has 6 nitrogen and oxygen atoms in total. The second kappa shape index (κ2) is 9.85. The first kappa shape index (κ1) is 23.1. The van der Waals surface area contributed by atoms with Crippen molar-refractivity contribution in [3.05, 3.63) is 100 Å². The monoisotopic (exact) mass is 475 g/mol. The van der Waals surface area contributed by atoms with Crippen molar-refractivity contribution >= 4 is 35.2 Å². The molecule has 1 aliphatic heterocycles. The van der Waals surface area contributed by atoms with Gasteiger partial charge in [-0.2, -0.15) is 0 Å². The zero-order valence-electron chi connectivity index (χ0n) is 18.9. The Kier molecular flexibility index (Phi) is 6.70. The predicted molar refractivity (Wildman–Crippen MR) is 131 cm³/mol. The van der Waals surface area contributed by atoms with Gasteiger partial charge < -0.3 is 14.2 Å². The fourth-order valence-electron chi connectivity index (χ4n) is 3.74. The number of hydrogen-bond acceptors (Lipinski definition) is 5. The van der Waals surface area contributed by atoms with Gasteiger partial charge in [-0.25, -0.2) is 4.79 Å². The van der Waals surface area contributed by atoms with Crippen molar-refractivity contribution in [3.8, 4) is 17.2 Å². The molecule has 3 aromatic carbocycles. The first-order chi connectivity index (χ1) is 16.4.